The van der Waals surface area contributed by atoms with Gasteiger partial charge in [0, 0.05) is 19.4 Å². The monoisotopic (exact) mass is 208 g/mol. The standard InChI is InChI=1S/C11H16N2O2/c1-8(14)10-7-15-11(13-10)6-9-4-2-3-5-12-9/h7,9,12H,2-6H2,1H3. The molecule has 1 aromatic rings. The summed E-state index contributed by atoms with van der Waals surface area (Å²) in [6.45, 7) is 2.57. The Balaban J connectivity index is 1.94. The third-order valence-corrected chi connectivity index (χ3v) is 2.75. The highest BCUT2D eigenvalue weighted by atomic mass is 16.3. The molecule has 4 nitrogen and oxygen atoms in total. The number of hydrogen-bond acceptors (Lipinski definition) is 4. The van der Waals surface area contributed by atoms with Gasteiger partial charge in [-0.15, -0.1) is 0 Å². The number of carbonyl (C=O) groups excluding carboxylic acids is 1. The van der Waals surface area contributed by atoms with Gasteiger partial charge in [0.25, 0.3) is 0 Å². The first-order valence-electron chi connectivity index (χ1n) is 5.44. The molecule has 82 valence electrons. The Morgan fingerprint density at radius 1 is 1.67 bits per heavy atom. The maximum absolute atomic E-state index is 11.0. The molecule has 1 atom stereocenters. The van der Waals surface area contributed by atoms with Crippen molar-refractivity contribution in [1.82, 2.24) is 10.3 Å². The van der Waals surface area contributed by atoms with Gasteiger partial charge in [-0.2, -0.15) is 0 Å². The number of nitrogens with zero attached hydrogens (tertiary/aromatic N) is 1. The number of carbonyl (C=O) groups is 1. The highest BCUT2D eigenvalue weighted by Crippen LogP contribution is 2.12. The Hall–Kier alpha value is -1.16. The Morgan fingerprint density at radius 3 is 3.13 bits per heavy atom. The topological polar surface area (TPSA) is 55.1 Å². The van der Waals surface area contributed by atoms with E-state index in [4.69, 9.17) is 4.42 Å². The van der Waals surface area contributed by atoms with Crippen molar-refractivity contribution in [2.45, 2.75) is 38.6 Å². The van der Waals surface area contributed by atoms with Crippen LogP contribution in [0, 0.1) is 0 Å². The lowest BCUT2D eigenvalue weighted by atomic mass is 10.0. The van der Waals surface area contributed by atoms with Crippen molar-refractivity contribution >= 4 is 5.78 Å². The van der Waals surface area contributed by atoms with Gasteiger partial charge in [0.15, 0.2) is 11.7 Å². The second-order valence-electron chi connectivity index (χ2n) is 4.03. The first-order valence-corrected chi connectivity index (χ1v) is 5.44. The molecule has 0 bridgehead atoms. The summed E-state index contributed by atoms with van der Waals surface area (Å²) in [6, 6.07) is 0.456. The zero-order valence-corrected chi connectivity index (χ0v) is 8.95. The third-order valence-electron chi connectivity index (χ3n) is 2.75. The Bertz CT molecular complexity index is 340. The van der Waals surface area contributed by atoms with E-state index in [1.807, 2.05) is 0 Å². The molecule has 0 amide bonds. The minimum absolute atomic E-state index is 0.0402. The Kier molecular flexibility index (Phi) is 3.16. The summed E-state index contributed by atoms with van der Waals surface area (Å²) < 4.78 is 5.26. The average molecular weight is 208 g/mol. The van der Waals surface area contributed by atoms with E-state index in [1.54, 1.807) is 0 Å². The molecule has 0 aliphatic carbocycles. The lowest BCUT2D eigenvalue weighted by Crippen LogP contribution is -2.35. The maximum Gasteiger partial charge on any atom is 0.196 e. The van der Waals surface area contributed by atoms with E-state index in [9.17, 15) is 4.79 Å². The fourth-order valence-corrected chi connectivity index (χ4v) is 1.88. The fraction of sp³-hybridized carbons (Fsp3) is 0.636. The molecule has 1 N–H and O–H groups in total. The summed E-state index contributed by atoms with van der Waals surface area (Å²) in [5.41, 5.74) is 0.431. The molecule has 0 aromatic carbocycles. The molecule has 1 unspecified atom stereocenters. The SMILES string of the molecule is CC(=O)c1coc(CC2CCCCN2)n1. The number of nitrogens with one attached hydrogen (secondary N) is 1. The number of oxazole rings is 1. The van der Waals surface area contributed by atoms with Crippen LogP contribution in [0.4, 0.5) is 0 Å². The molecule has 0 saturated carbocycles. The van der Waals surface area contributed by atoms with Crippen LogP contribution in [0.3, 0.4) is 0 Å². The highest BCUT2D eigenvalue weighted by Gasteiger charge is 2.16. The van der Waals surface area contributed by atoms with Crippen LogP contribution in [0.15, 0.2) is 10.7 Å². The number of ketones is 1. The third kappa shape index (κ3) is 2.65. The lowest BCUT2D eigenvalue weighted by molar-refractivity contribution is 0.101. The minimum Gasteiger partial charge on any atom is -0.448 e. The van der Waals surface area contributed by atoms with Crippen molar-refractivity contribution in [2.24, 2.45) is 0 Å². The van der Waals surface area contributed by atoms with Gasteiger partial charge in [0.05, 0.1) is 0 Å². The smallest absolute Gasteiger partial charge is 0.196 e. The fourth-order valence-electron chi connectivity index (χ4n) is 1.88. The van der Waals surface area contributed by atoms with E-state index in [0.717, 1.165) is 19.4 Å². The predicted octanol–water partition coefficient (Wildman–Crippen LogP) is 1.56. The van der Waals surface area contributed by atoms with Gasteiger partial charge >= 0.3 is 0 Å². The molecule has 1 aromatic heterocycles. The molecular formula is C11H16N2O2. The zero-order chi connectivity index (χ0) is 10.7. The summed E-state index contributed by atoms with van der Waals surface area (Å²) in [4.78, 5) is 15.2. The van der Waals surface area contributed by atoms with Crippen LogP contribution < -0.4 is 5.32 Å². The normalized spacial score (nSPS) is 21.5. The van der Waals surface area contributed by atoms with Crippen molar-refractivity contribution in [3.8, 4) is 0 Å². The molecule has 2 rings (SSSR count). The number of rotatable bonds is 3. The molecule has 0 radical (unpaired) electrons. The van der Waals surface area contributed by atoms with Crippen LogP contribution in [-0.4, -0.2) is 23.4 Å². The molecular weight excluding hydrogens is 192 g/mol. The minimum atomic E-state index is -0.0402. The van der Waals surface area contributed by atoms with E-state index >= 15 is 0 Å². The van der Waals surface area contributed by atoms with E-state index in [2.05, 4.69) is 10.3 Å². The van der Waals surface area contributed by atoms with Gasteiger partial charge < -0.3 is 9.73 Å². The van der Waals surface area contributed by atoms with Crippen LogP contribution in [0.1, 0.15) is 42.6 Å². The van der Waals surface area contributed by atoms with E-state index in [-0.39, 0.29) is 5.78 Å². The molecule has 0 spiro atoms. The van der Waals surface area contributed by atoms with Crippen LogP contribution >= 0.6 is 0 Å². The number of piperidine rings is 1. The number of hydrogen-bond donors (Lipinski definition) is 1. The molecule has 4 heteroatoms. The van der Waals surface area contributed by atoms with Crippen molar-refractivity contribution in [3.63, 3.8) is 0 Å². The summed E-state index contributed by atoms with van der Waals surface area (Å²) in [7, 11) is 0. The van der Waals surface area contributed by atoms with Gasteiger partial charge in [0.2, 0.25) is 0 Å². The van der Waals surface area contributed by atoms with Crippen LogP contribution in [0.2, 0.25) is 0 Å². The second-order valence-corrected chi connectivity index (χ2v) is 4.03. The maximum atomic E-state index is 11.0. The molecule has 1 aliphatic rings. The molecule has 2 heterocycles. The number of aromatic nitrogens is 1. The zero-order valence-electron chi connectivity index (χ0n) is 8.95. The first kappa shape index (κ1) is 10.4. The summed E-state index contributed by atoms with van der Waals surface area (Å²) in [6.07, 6.45) is 5.91. The number of Topliss-reactive ketones (excluding diaryl/α,β-unsaturated/α-hetero) is 1. The predicted molar refractivity (Wildman–Crippen MR) is 55.9 cm³/mol. The van der Waals surface area contributed by atoms with Crippen molar-refractivity contribution < 1.29 is 9.21 Å². The van der Waals surface area contributed by atoms with Gasteiger partial charge in [0.1, 0.15) is 12.0 Å². The van der Waals surface area contributed by atoms with Crippen LogP contribution in [0.25, 0.3) is 0 Å². The Labute approximate surface area is 89.1 Å². The van der Waals surface area contributed by atoms with Gasteiger partial charge in [-0.25, -0.2) is 4.98 Å². The summed E-state index contributed by atoms with van der Waals surface area (Å²) >= 11 is 0. The summed E-state index contributed by atoms with van der Waals surface area (Å²) in [5, 5.41) is 3.42. The van der Waals surface area contributed by atoms with Crippen molar-refractivity contribution in [1.29, 1.82) is 0 Å². The van der Waals surface area contributed by atoms with Gasteiger partial charge in [-0.1, -0.05) is 6.42 Å². The first-order chi connectivity index (χ1) is 7.25. The van der Waals surface area contributed by atoms with E-state index < -0.39 is 0 Å². The molecule has 15 heavy (non-hydrogen) atoms. The van der Waals surface area contributed by atoms with Crippen LogP contribution in [0.5, 0.6) is 0 Å². The van der Waals surface area contributed by atoms with Gasteiger partial charge in [-0.05, 0) is 19.4 Å². The quantitative estimate of drug-likeness (QED) is 0.766. The average Bonchev–Trinajstić information content (AvgIpc) is 2.68. The van der Waals surface area contributed by atoms with Crippen molar-refractivity contribution in [3.05, 3.63) is 17.8 Å². The molecule has 1 aliphatic heterocycles. The molecule has 1 saturated heterocycles. The summed E-state index contributed by atoms with van der Waals surface area (Å²) in [5.74, 6) is 0.626. The van der Waals surface area contributed by atoms with Gasteiger partial charge in [-0.3, -0.25) is 4.79 Å². The lowest BCUT2D eigenvalue weighted by Gasteiger charge is -2.21. The second kappa shape index (κ2) is 4.57. The van der Waals surface area contributed by atoms with Crippen molar-refractivity contribution in [2.75, 3.05) is 6.54 Å². The van der Waals surface area contributed by atoms with E-state index in [0.29, 0.717) is 17.6 Å². The largest absolute Gasteiger partial charge is 0.448 e. The van der Waals surface area contributed by atoms with Crippen LogP contribution in [-0.2, 0) is 6.42 Å². The highest BCUT2D eigenvalue weighted by molar-refractivity contribution is 5.91. The molecule has 1 fully saturated rings. The van der Waals surface area contributed by atoms with E-state index in [1.165, 1.54) is 26.0 Å². The Morgan fingerprint density at radius 2 is 2.53 bits per heavy atom.